The zero-order chi connectivity index (χ0) is 21.0. The van der Waals surface area contributed by atoms with Gasteiger partial charge in [0.05, 0.1) is 19.5 Å². The quantitative estimate of drug-likeness (QED) is 0.342. The Morgan fingerprint density at radius 3 is 2.59 bits per heavy atom. The summed E-state index contributed by atoms with van der Waals surface area (Å²) in [7, 11) is 1.62. The van der Waals surface area contributed by atoms with Crippen molar-refractivity contribution in [2.24, 2.45) is 0 Å². The Balaban J connectivity index is 1.75. The highest BCUT2D eigenvalue weighted by atomic mass is 32.2. The van der Waals surface area contributed by atoms with Gasteiger partial charge in [-0.3, -0.25) is 9.36 Å². The van der Waals surface area contributed by atoms with Crippen molar-refractivity contribution >= 4 is 23.5 Å². The van der Waals surface area contributed by atoms with E-state index in [0.717, 1.165) is 11.4 Å². The van der Waals surface area contributed by atoms with Gasteiger partial charge in [0.15, 0.2) is 10.9 Å². The van der Waals surface area contributed by atoms with Crippen LogP contribution in [0.3, 0.4) is 0 Å². The molecule has 2 aromatic heterocycles. The van der Waals surface area contributed by atoms with Gasteiger partial charge in [-0.1, -0.05) is 11.8 Å². The summed E-state index contributed by atoms with van der Waals surface area (Å²) in [5.74, 6) is 0.458. The van der Waals surface area contributed by atoms with E-state index in [-0.39, 0.29) is 18.1 Å². The fourth-order valence-electron chi connectivity index (χ4n) is 3.11. The van der Waals surface area contributed by atoms with E-state index in [9.17, 15) is 9.59 Å². The summed E-state index contributed by atoms with van der Waals surface area (Å²) in [6.45, 7) is 5.57. The summed E-state index contributed by atoms with van der Waals surface area (Å²) in [6.07, 6.45) is 3.54. The molecule has 3 rings (SSSR count). The molecule has 0 fully saturated rings. The van der Waals surface area contributed by atoms with E-state index in [1.54, 1.807) is 34.1 Å². The zero-order valence-corrected chi connectivity index (χ0v) is 17.6. The highest BCUT2D eigenvalue weighted by molar-refractivity contribution is 7.99. The lowest BCUT2D eigenvalue weighted by atomic mass is 10.1. The first kappa shape index (κ1) is 20.7. The largest absolute Gasteiger partial charge is 0.497 e. The number of H-pyrrole nitrogens is 1. The number of rotatable bonds is 8. The number of aromatic nitrogens is 3. The first-order valence-electron chi connectivity index (χ1n) is 9.16. The van der Waals surface area contributed by atoms with Crippen LogP contribution in [0.1, 0.15) is 39.0 Å². The lowest BCUT2D eigenvalue weighted by Gasteiger charge is -2.08. The van der Waals surface area contributed by atoms with Gasteiger partial charge in [0.2, 0.25) is 0 Å². The van der Waals surface area contributed by atoms with Crippen LogP contribution in [0.2, 0.25) is 0 Å². The van der Waals surface area contributed by atoms with Crippen molar-refractivity contribution in [1.29, 1.82) is 0 Å². The van der Waals surface area contributed by atoms with Gasteiger partial charge in [0.25, 0.3) is 0 Å². The molecule has 29 heavy (non-hydrogen) atoms. The Labute approximate surface area is 173 Å². The number of thioether (sulfide) groups is 1. The number of carbonyl (C=O) groups is 2. The van der Waals surface area contributed by atoms with E-state index in [1.807, 2.05) is 35.0 Å². The molecule has 0 aliphatic carbocycles. The molecule has 7 nitrogen and oxygen atoms in total. The van der Waals surface area contributed by atoms with E-state index >= 15 is 0 Å². The van der Waals surface area contributed by atoms with Gasteiger partial charge in [0, 0.05) is 29.3 Å². The number of ketones is 1. The Morgan fingerprint density at radius 1 is 1.21 bits per heavy atom. The maximum atomic E-state index is 12.9. The van der Waals surface area contributed by atoms with E-state index < -0.39 is 5.97 Å². The molecule has 0 aliphatic heterocycles. The van der Waals surface area contributed by atoms with Crippen molar-refractivity contribution in [1.82, 2.24) is 14.5 Å². The average Bonchev–Trinajstić information content (AvgIpc) is 3.30. The monoisotopic (exact) mass is 413 g/mol. The number of hydrogen-bond acceptors (Lipinski definition) is 6. The van der Waals surface area contributed by atoms with E-state index in [2.05, 4.69) is 9.97 Å². The number of nitrogens with one attached hydrogen (secondary N) is 1. The van der Waals surface area contributed by atoms with Gasteiger partial charge in [0.1, 0.15) is 11.4 Å². The van der Waals surface area contributed by atoms with E-state index in [1.165, 1.54) is 11.8 Å². The number of benzene rings is 1. The summed E-state index contributed by atoms with van der Waals surface area (Å²) in [5, 5.41) is 0.708. The first-order chi connectivity index (χ1) is 14.0. The van der Waals surface area contributed by atoms with Crippen LogP contribution in [-0.4, -0.2) is 45.8 Å². The van der Waals surface area contributed by atoms with Crippen LogP contribution in [0.4, 0.5) is 0 Å². The highest BCUT2D eigenvalue weighted by Crippen LogP contribution is 2.25. The van der Waals surface area contributed by atoms with Gasteiger partial charge >= 0.3 is 5.97 Å². The maximum absolute atomic E-state index is 12.9. The molecule has 152 valence electrons. The minimum absolute atomic E-state index is 0.0684. The standard InChI is InChI=1S/C21H23N3O4S/c1-5-28-20(26)19-13(2)18(14(3)23-19)17(25)12-29-21-22-10-11-24(21)15-6-8-16(27-4)9-7-15/h6-11,23H,5,12H2,1-4H3. The number of nitrogens with zero attached hydrogens (tertiary/aromatic N) is 2. The minimum Gasteiger partial charge on any atom is -0.497 e. The summed E-state index contributed by atoms with van der Waals surface area (Å²) < 4.78 is 12.2. The Bertz CT molecular complexity index is 1020. The number of Topliss-reactive ketones (excluding diaryl/α,β-unsaturated/α-hetero) is 1. The SMILES string of the molecule is CCOC(=O)c1[nH]c(C)c(C(=O)CSc2nccn2-c2ccc(OC)cc2)c1C. The third-order valence-corrected chi connectivity index (χ3v) is 5.45. The molecule has 3 aromatic rings. The van der Waals surface area contributed by atoms with Gasteiger partial charge in [-0.2, -0.15) is 0 Å². The number of imidazole rings is 1. The molecule has 0 spiro atoms. The van der Waals surface area contributed by atoms with Crippen LogP contribution in [0.25, 0.3) is 5.69 Å². The number of esters is 1. The molecule has 0 amide bonds. The summed E-state index contributed by atoms with van der Waals surface area (Å²) in [5.41, 5.74) is 3.07. The van der Waals surface area contributed by atoms with Crippen LogP contribution >= 0.6 is 11.8 Å². The van der Waals surface area contributed by atoms with Crippen molar-refractivity contribution in [3.05, 3.63) is 59.2 Å². The molecule has 0 aliphatic rings. The Hall–Kier alpha value is -3.00. The molecular formula is C21H23N3O4S. The van der Waals surface area contributed by atoms with Crippen LogP contribution in [0.5, 0.6) is 5.75 Å². The first-order valence-corrected chi connectivity index (χ1v) is 10.1. The van der Waals surface area contributed by atoms with Crippen LogP contribution in [0, 0.1) is 13.8 Å². The molecule has 8 heteroatoms. The fourth-order valence-corrected chi connectivity index (χ4v) is 3.96. The molecule has 0 unspecified atom stereocenters. The predicted octanol–water partition coefficient (Wildman–Crippen LogP) is 3.98. The molecule has 0 saturated carbocycles. The van der Waals surface area contributed by atoms with Gasteiger partial charge in [-0.25, -0.2) is 9.78 Å². The summed E-state index contributed by atoms with van der Waals surface area (Å²) >= 11 is 1.35. The van der Waals surface area contributed by atoms with Crippen molar-refractivity contribution in [3.63, 3.8) is 0 Å². The number of ether oxygens (including phenoxy) is 2. The smallest absolute Gasteiger partial charge is 0.355 e. The summed E-state index contributed by atoms with van der Waals surface area (Å²) in [4.78, 5) is 32.3. The van der Waals surface area contributed by atoms with Gasteiger partial charge < -0.3 is 14.5 Å². The Morgan fingerprint density at radius 2 is 1.93 bits per heavy atom. The van der Waals surface area contributed by atoms with Crippen molar-refractivity contribution in [2.75, 3.05) is 19.5 Å². The van der Waals surface area contributed by atoms with E-state index in [4.69, 9.17) is 9.47 Å². The molecule has 0 saturated heterocycles. The molecule has 0 bridgehead atoms. The third-order valence-electron chi connectivity index (χ3n) is 4.49. The van der Waals surface area contributed by atoms with Gasteiger partial charge in [-0.05, 0) is 50.6 Å². The summed E-state index contributed by atoms with van der Waals surface area (Å²) in [6, 6.07) is 7.60. The Kier molecular flexibility index (Phi) is 6.43. The van der Waals surface area contributed by atoms with E-state index in [0.29, 0.717) is 27.7 Å². The number of methoxy groups -OCH3 is 1. The number of aryl methyl sites for hydroxylation is 1. The molecule has 0 atom stereocenters. The molecule has 0 radical (unpaired) electrons. The number of aromatic amines is 1. The highest BCUT2D eigenvalue weighted by Gasteiger charge is 2.23. The second-order valence-corrected chi connectivity index (χ2v) is 7.28. The molecule has 2 heterocycles. The zero-order valence-electron chi connectivity index (χ0n) is 16.8. The van der Waals surface area contributed by atoms with Crippen molar-refractivity contribution in [3.8, 4) is 11.4 Å². The number of carbonyl (C=O) groups excluding carboxylic acids is 2. The van der Waals surface area contributed by atoms with Crippen molar-refractivity contribution in [2.45, 2.75) is 25.9 Å². The van der Waals surface area contributed by atoms with Crippen molar-refractivity contribution < 1.29 is 19.1 Å². The fraction of sp³-hybridized carbons (Fsp3) is 0.286. The molecule has 1 aromatic carbocycles. The normalized spacial score (nSPS) is 10.8. The topological polar surface area (TPSA) is 86.2 Å². The van der Waals surface area contributed by atoms with Gasteiger partial charge in [-0.15, -0.1) is 0 Å². The second-order valence-electron chi connectivity index (χ2n) is 6.34. The number of hydrogen-bond donors (Lipinski definition) is 1. The lowest BCUT2D eigenvalue weighted by molar-refractivity contribution is 0.0519. The molecule has 1 N–H and O–H groups in total. The minimum atomic E-state index is -0.449. The third kappa shape index (κ3) is 4.37. The van der Waals surface area contributed by atoms with Crippen LogP contribution in [0.15, 0.2) is 41.8 Å². The average molecular weight is 413 g/mol. The second kappa shape index (κ2) is 9.00. The van der Waals surface area contributed by atoms with Crippen LogP contribution in [-0.2, 0) is 4.74 Å². The maximum Gasteiger partial charge on any atom is 0.355 e. The van der Waals surface area contributed by atoms with Crippen LogP contribution < -0.4 is 4.74 Å². The lowest BCUT2D eigenvalue weighted by Crippen LogP contribution is -2.09. The molecular weight excluding hydrogens is 390 g/mol. The predicted molar refractivity (Wildman–Crippen MR) is 111 cm³/mol.